The van der Waals surface area contributed by atoms with Crippen molar-refractivity contribution in [3.63, 3.8) is 0 Å². The predicted molar refractivity (Wildman–Crippen MR) is 80.0 cm³/mol. The van der Waals surface area contributed by atoms with Crippen molar-refractivity contribution >= 4 is 40.2 Å². The van der Waals surface area contributed by atoms with Crippen LogP contribution in [0.2, 0.25) is 0 Å². The van der Waals surface area contributed by atoms with E-state index < -0.39 is 0 Å². The zero-order chi connectivity index (χ0) is 12.2. The molecule has 0 unspecified atom stereocenters. The zero-order valence-corrected chi connectivity index (χ0v) is 13.1. The minimum Gasteiger partial charge on any atom is -0.369 e. The Hall–Kier alpha value is -0.0400. The van der Waals surface area contributed by atoms with E-state index in [1.54, 1.807) is 0 Å². The van der Waals surface area contributed by atoms with Crippen LogP contribution in [0, 0.1) is 3.57 Å². The van der Waals surface area contributed by atoms with Crippen LogP contribution >= 0.6 is 34.4 Å². The van der Waals surface area contributed by atoms with Crippen LogP contribution in [0.5, 0.6) is 0 Å². The maximum absolute atomic E-state index is 4.51. The maximum Gasteiger partial charge on any atom is 0.143 e. The van der Waals surface area contributed by atoms with E-state index in [0.717, 1.165) is 27.5 Å². The van der Waals surface area contributed by atoms with E-state index in [0.29, 0.717) is 0 Å². The lowest BCUT2D eigenvalue weighted by atomic mass is 10.3. The van der Waals surface area contributed by atoms with Crippen molar-refractivity contribution in [2.45, 2.75) is 38.2 Å². The number of thioether (sulfide) groups is 1. The minimum atomic E-state index is 0.255. The minimum absolute atomic E-state index is 0.255. The van der Waals surface area contributed by atoms with Gasteiger partial charge in [-0.2, -0.15) is 0 Å². The molecule has 1 rings (SSSR count). The Kier molecular flexibility index (Phi) is 5.30. The first kappa shape index (κ1) is 14.0. The second-order valence-electron chi connectivity index (χ2n) is 4.41. The van der Waals surface area contributed by atoms with Gasteiger partial charge in [-0.05, 0) is 29.5 Å². The van der Waals surface area contributed by atoms with Crippen LogP contribution in [0.25, 0.3) is 0 Å². The molecule has 0 aliphatic heterocycles. The van der Waals surface area contributed by atoms with Crippen molar-refractivity contribution in [3.05, 3.63) is 15.6 Å². The van der Waals surface area contributed by atoms with Crippen LogP contribution in [0.15, 0.2) is 6.20 Å². The van der Waals surface area contributed by atoms with Gasteiger partial charge in [0, 0.05) is 17.5 Å². The molecule has 0 saturated heterocycles. The molecule has 0 spiro atoms. The zero-order valence-electron chi connectivity index (χ0n) is 10.2. The summed E-state index contributed by atoms with van der Waals surface area (Å²) in [4.78, 5) is 8.86. The Labute approximate surface area is 115 Å². The number of aromatic nitrogens is 2. The smallest absolute Gasteiger partial charge is 0.143 e. The normalized spacial score (nSPS) is 11.6. The fraction of sp³-hybridized carbons (Fsp3) is 0.636. The fourth-order valence-electron chi connectivity index (χ4n) is 1.05. The number of rotatable bonds is 4. The van der Waals surface area contributed by atoms with E-state index in [1.165, 1.54) is 0 Å². The first-order valence-electron chi connectivity index (χ1n) is 5.31. The predicted octanol–water partition coefficient (Wildman–Crippen LogP) is 3.54. The molecule has 90 valence electrons. The number of hydrogen-bond acceptors (Lipinski definition) is 4. The van der Waals surface area contributed by atoms with Crippen LogP contribution < -0.4 is 5.32 Å². The summed E-state index contributed by atoms with van der Waals surface area (Å²) in [6.45, 7) is 9.57. The van der Waals surface area contributed by atoms with Crippen LogP contribution in [0.3, 0.4) is 0 Å². The van der Waals surface area contributed by atoms with Gasteiger partial charge in [-0.25, -0.2) is 9.97 Å². The molecule has 0 aromatic carbocycles. The lowest BCUT2D eigenvalue weighted by Gasteiger charge is -2.17. The summed E-state index contributed by atoms with van der Waals surface area (Å²) >= 11 is 4.11. The Bertz CT molecular complexity index is 350. The number of nitrogens with zero attached hydrogens (tertiary/aromatic N) is 2. The molecule has 3 nitrogen and oxygen atoms in total. The van der Waals surface area contributed by atoms with Crippen LogP contribution in [0.4, 0.5) is 5.82 Å². The first-order valence-corrected chi connectivity index (χ1v) is 7.38. The maximum atomic E-state index is 4.51. The van der Waals surface area contributed by atoms with Crippen molar-refractivity contribution in [3.8, 4) is 0 Å². The van der Waals surface area contributed by atoms with E-state index in [2.05, 4.69) is 65.6 Å². The quantitative estimate of drug-likeness (QED) is 0.842. The molecular formula is C11H18IN3S. The molecular weight excluding hydrogens is 333 g/mol. The van der Waals surface area contributed by atoms with Gasteiger partial charge >= 0.3 is 0 Å². The lowest BCUT2D eigenvalue weighted by Crippen LogP contribution is -2.10. The summed E-state index contributed by atoms with van der Waals surface area (Å²) in [5.74, 6) is 2.71. The molecule has 1 N–H and O–H groups in total. The van der Waals surface area contributed by atoms with E-state index in [4.69, 9.17) is 0 Å². The van der Waals surface area contributed by atoms with Gasteiger partial charge in [0.1, 0.15) is 11.6 Å². The number of nitrogens with one attached hydrogen (secondary N) is 1. The fourth-order valence-corrected chi connectivity index (χ4v) is 2.20. The van der Waals surface area contributed by atoms with Gasteiger partial charge in [-0.3, -0.25) is 0 Å². The van der Waals surface area contributed by atoms with E-state index in [1.807, 2.05) is 18.0 Å². The molecule has 0 aliphatic carbocycles. The lowest BCUT2D eigenvalue weighted by molar-refractivity contribution is 0.800. The number of anilines is 1. The van der Waals surface area contributed by atoms with Crippen LogP contribution in [-0.4, -0.2) is 21.3 Å². The van der Waals surface area contributed by atoms with Gasteiger partial charge < -0.3 is 5.32 Å². The Morgan fingerprint density at radius 1 is 1.44 bits per heavy atom. The third kappa shape index (κ3) is 4.86. The summed E-state index contributed by atoms with van der Waals surface area (Å²) in [6.07, 6.45) is 1.88. The molecule has 1 aromatic rings. The van der Waals surface area contributed by atoms with Crippen molar-refractivity contribution in [1.82, 2.24) is 9.97 Å². The molecule has 0 bridgehead atoms. The largest absolute Gasteiger partial charge is 0.369 e. The highest BCUT2D eigenvalue weighted by molar-refractivity contribution is 14.1. The first-order chi connectivity index (χ1) is 7.42. The second-order valence-corrected chi connectivity index (χ2v) is 7.38. The molecule has 16 heavy (non-hydrogen) atoms. The molecule has 0 fully saturated rings. The molecule has 0 atom stereocenters. The highest BCUT2D eigenvalue weighted by atomic mass is 127. The second kappa shape index (κ2) is 6.05. The highest BCUT2D eigenvalue weighted by Gasteiger charge is 2.12. The highest BCUT2D eigenvalue weighted by Crippen LogP contribution is 2.26. The Morgan fingerprint density at radius 2 is 2.12 bits per heavy atom. The molecule has 0 amide bonds. The van der Waals surface area contributed by atoms with Crippen molar-refractivity contribution < 1.29 is 0 Å². The molecule has 1 aromatic heterocycles. The van der Waals surface area contributed by atoms with Crippen LogP contribution in [-0.2, 0) is 5.75 Å². The van der Waals surface area contributed by atoms with Gasteiger partial charge in [0.05, 0.1) is 9.32 Å². The third-order valence-corrected chi connectivity index (χ3v) is 3.83. The monoisotopic (exact) mass is 351 g/mol. The molecule has 5 heteroatoms. The van der Waals surface area contributed by atoms with Gasteiger partial charge in [-0.15, -0.1) is 11.8 Å². The van der Waals surface area contributed by atoms with E-state index >= 15 is 0 Å². The Morgan fingerprint density at radius 3 is 2.69 bits per heavy atom. The summed E-state index contributed by atoms with van der Waals surface area (Å²) < 4.78 is 1.33. The Balaban J connectivity index is 2.71. The van der Waals surface area contributed by atoms with E-state index in [9.17, 15) is 0 Å². The molecule has 1 heterocycles. The van der Waals surface area contributed by atoms with Crippen molar-refractivity contribution in [2.75, 3.05) is 11.9 Å². The summed E-state index contributed by atoms with van der Waals surface area (Å²) in [5, 5.41) is 3.25. The van der Waals surface area contributed by atoms with E-state index in [-0.39, 0.29) is 4.75 Å². The van der Waals surface area contributed by atoms with Gasteiger partial charge in [-0.1, -0.05) is 20.8 Å². The van der Waals surface area contributed by atoms with Gasteiger partial charge in [0.2, 0.25) is 0 Å². The van der Waals surface area contributed by atoms with Crippen molar-refractivity contribution in [2.24, 2.45) is 0 Å². The standard InChI is InChI=1S/C11H18IN3S/c1-5-13-10-8(12)6-14-9(15-10)7-16-11(2,3)4/h6H,5,7H2,1-4H3,(H,13,14,15). The summed E-state index contributed by atoms with van der Waals surface area (Å²) in [7, 11) is 0. The van der Waals surface area contributed by atoms with Crippen LogP contribution in [0.1, 0.15) is 33.5 Å². The third-order valence-electron chi connectivity index (χ3n) is 1.77. The molecule has 0 radical (unpaired) electrons. The average Bonchev–Trinajstić information content (AvgIpc) is 2.18. The summed E-state index contributed by atoms with van der Waals surface area (Å²) in [6, 6.07) is 0. The topological polar surface area (TPSA) is 37.8 Å². The number of halogens is 1. The average molecular weight is 351 g/mol. The van der Waals surface area contributed by atoms with Crippen molar-refractivity contribution in [1.29, 1.82) is 0 Å². The molecule has 0 aliphatic rings. The SMILES string of the molecule is CCNc1nc(CSC(C)(C)C)ncc1I. The molecule has 0 saturated carbocycles. The summed E-state index contributed by atoms with van der Waals surface area (Å²) in [5.41, 5.74) is 0. The van der Waals surface area contributed by atoms with Gasteiger partial charge in [0.25, 0.3) is 0 Å². The van der Waals surface area contributed by atoms with Gasteiger partial charge in [0.15, 0.2) is 0 Å². The number of hydrogen-bond donors (Lipinski definition) is 1.